The van der Waals surface area contributed by atoms with E-state index < -0.39 is 0 Å². The number of allylic oxidation sites excluding steroid dienone is 9. The van der Waals surface area contributed by atoms with Gasteiger partial charge in [0.25, 0.3) is 0 Å². The summed E-state index contributed by atoms with van der Waals surface area (Å²) in [5.41, 5.74) is 6.25. The molecule has 0 aromatic rings. The Balaban J connectivity index is 3.17. The Labute approximate surface area is 87.0 Å². The maximum absolute atomic E-state index is 3.97. The van der Waals surface area contributed by atoms with Gasteiger partial charge in [-0.25, -0.2) is 0 Å². The third-order valence-corrected chi connectivity index (χ3v) is 2.46. The molecule has 0 spiro atoms. The molecule has 0 fully saturated rings. The second-order valence-corrected chi connectivity index (χ2v) is 3.97. The van der Waals surface area contributed by atoms with Gasteiger partial charge in [0.15, 0.2) is 0 Å². The Morgan fingerprint density at radius 1 is 1.00 bits per heavy atom. The van der Waals surface area contributed by atoms with Crippen molar-refractivity contribution in [1.82, 2.24) is 0 Å². The van der Waals surface area contributed by atoms with Crippen LogP contribution in [0.2, 0.25) is 0 Å². The van der Waals surface area contributed by atoms with Crippen molar-refractivity contribution in [2.75, 3.05) is 0 Å². The molecule has 0 heteroatoms. The van der Waals surface area contributed by atoms with Gasteiger partial charge in [0, 0.05) is 0 Å². The fraction of sp³-hybridized carbons (Fsp3) is 0.286. The average molecular weight is 186 g/mol. The molecule has 0 saturated heterocycles. The maximum atomic E-state index is 3.97. The third kappa shape index (κ3) is 2.59. The molecule has 0 heterocycles. The summed E-state index contributed by atoms with van der Waals surface area (Å²) in [6.07, 6.45) is 8.67. The molecule has 0 radical (unpaired) electrons. The zero-order valence-corrected chi connectivity index (χ0v) is 9.52. The third-order valence-electron chi connectivity index (χ3n) is 2.46. The zero-order chi connectivity index (χ0) is 10.7. The van der Waals surface area contributed by atoms with Crippen molar-refractivity contribution in [2.45, 2.75) is 27.7 Å². The highest BCUT2D eigenvalue weighted by molar-refractivity contribution is 5.48. The van der Waals surface area contributed by atoms with Gasteiger partial charge in [-0.1, -0.05) is 42.0 Å². The van der Waals surface area contributed by atoms with Crippen molar-refractivity contribution >= 4 is 0 Å². The highest BCUT2D eigenvalue weighted by Crippen LogP contribution is 2.19. The summed E-state index contributed by atoms with van der Waals surface area (Å²) in [7, 11) is 0. The van der Waals surface area contributed by atoms with Crippen molar-refractivity contribution in [2.24, 2.45) is 0 Å². The predicted octanol–water partition coefficient (Wildman–Crippen LogP) is 4.34. The molecule has 0 aromatic carbocycles. The zero-order valence-electron chi connectivity index (χ0n) is 9.52. The van der Waals surface area contributed by atoms with Gasteiger partial charge in [0.05, 0.1) is 0 Å². The van der Waals surface area contributed by atoms with Crippen LogP contribution < -0.4 is 0 Å². The van der Waals surface area contributed by atoms with E-state index in [1.165, 1.54) is 22.3 Å². The Hall–Kier alpha value is -1.30. The monoisotopic (exact) mass is 186 g/mol. The van der Waals surface area contributed by atoms with Crippen LogP contribution in [0.3, 0.4) is 0 Å². The highest BCUT2D eigenvalue weighted by Gasteiger charge is 1.99. The van der Waals surface area contributed by atoms with E-state index in [2.05, 4.69) is 51.7 Å². The van der Waals surface area contributed by atoms with Crippen LogP contribution in [-0.4, -0.2) is 0 Å². The second kappa shape index (κ2) is 4.28. The molecule has 0 atom stereocenters. The van der Waals surface area contributed by atoms with E-state index in [0.29, 0.717) is 0 Å². The van der Waals surface area contributed by atoms with E-state index in [0.717, 1.165) is 5.57 Å². The summed E-state index contributed by atoms with van der Waals surface area (Å²) in [5, 5.41) is 0. The molecule has 0 bridgehead atoms. The minimum atomic E-state index is 1.11. The Bertz CT molecular complexity index is 371. The van der Waals surface area contributed by atoms with Gasteiger partial charge < -0.3 is 0 Å². The Morgan fingerprint density at radius 2 is 1.64 bits per heavy atom. The quantitative estimate of drug-likeness (QED) is 0.571. The normalized spacial score (nSPS) is 17.1. The van der Waals surface area contributed by atoms with Gasteiger partial charge in [-0.15, -0.1) is 0 Å². The molecule has 0 aliphatic heterocycles. The Morgan fingerprint density at radius 3 is 2.21 bits per heavy atom. The van der Waals surface area contributed by atoms with Crippen molar-refractivity contribution in [3.63, 3.8) is 0 Å². The van der Waals surface area contributed by atoms with Crippen LogP contribution in [0.5, 0.6) is 0 Å². The van der Waals surface area contributed by atoms with Crippen LogP contribution in [0, 0.1) is 0 Å². The van der Waals surface area contributed by atoms with E-state index in [1.54, 1.807) is 0 Å². The van der Waals surface area contributed by atoms with Crippen LogP contribution in [0.4, 0.5) is 0 Å². The minimum absolute atomic E-state index is 1.11. The molecule has 74 valence electrons. The maximum Gasteiger partial charge on any atom is -0.0231 e. The lowest BCUT2D eigenvalue weighted by atomic mass is 9.99. The van der Waals surface area contributed by atoms with E-state index in [-0.39, 0.29) is 0 Å². The van der Waals surface area contributed by atoms with Gasteiger partial charge >= 0.3 is 0 Å². The van der Waals surface area contributed by atoms with Crippen molar-refractivity contribution in [3.05, 3.63) is 58.7 Å². The van der Waals surface area contributed by atoms with Crippen LogP contribution >= 0.6 is 0 Å². The largest absolute Gasteiger partial charge is 0.0955 e. The van der Waals surface area contributed by atoms with Gasteiger partial charge in [0.2, 0.25) is 0 Å². The SMILES string of the molecule is C=C(C)C1=CC(C)=CC(C)=C(C)C=C1. The smallest absolute Gasteiger partial charge is 0.0231 e. The highest BCUT2D eigenvalue weighted by atomic mass is 14.0. The molecular formula is C14H18. The summed E-state index contributed by atoms with van der Waals surface area (Å²) in [4.78, 5) is 0. The average Bonchev–Trinajstić information content (AvgIpc) is 2.09. The van der Waals surface area contributed by atoms with Gasteiger partial charge in [-0.2, -0.15) is 0 Å². The summed E-state index contributed by atoms with van der Waals surface area (Å²) in [6, 6.07) is 0. The van der Waals surface area contributed by atoms with Crippen LogP contribution in [0.1, 0.15) is 27.7 Å². The van der Waals surface area contributed by atoms with Gasteiger partial charge in [-0.3, -0.25) is 0 Å². The molecule has 0 saturated carbocycles. The lowest BCUT2D eigenvalue weighted by Gasteiger charge is -2.07. The van der Waals surface area contributed by atoms with E-state index in [4.69, 9.17) is 0 Å². The second-order valence-electron chi connectivity index (χ2n) is 3.97. The van der Waals surface area contributed by atoms with E-state index in [9.17, 15) is 0 Å². The first-order valence-electron chi connectivity index (χ1n) is 4.92. The first-order chi connectivity index (χ1) is 6.50. The fourth-order valence-electron chi connectivity index (χ4n) is 1.40. The summed E-state index contributed by atoms with van der Waals surface area (Å²) >= 11 is 0. The van der Waals surface area contributed by atoms with E-state index in [1.807, 2.05) is 6.92 Å². The molecule has 0 nitrogen and oxygen atoms in total. The molecular weight excluding hydrogens is 168 g/mol. The summed E-state index contributed by atoms with van der Waals surface area (Å²) in [5.74, 6) is 0. The molecule has 0 N–H and O–H groups in total. The van der Waals surface area contributed by atoms with E-state index >= 15 is 0 Å². The molecule has 0 amide bonds. The fourth-order valence-corrected chi connectivity index (χ4v) is 1.40. The summed E-state index contributed by atoms with van der Waals surface area (Å²) in [6.45, 7) is 12.4. The summed E-state index contributed by atoms with van der Waals surface area (Å²) < 4.78 is 0. The first-order valence-corrected chi connectivity index (χ1v) is 4.92. The van der Waals surface area contributed by atoms with Crippen LogP contribution in [0.25, 0.3) is 0 Å². The molecule has 1 aliphatic carbocycles. The number of rotatable bonds is 1. The topological polar surface area (TPSA) is 0 Å². The minimum Gasteiger partial charge on any atom is -0.0955 e. The van der Waals surface area contributed by atoms with Gasteiger partial charge in [-0.05, 0) is 44.4 Å². The number of hydrogen-bond acceptors (Lipinski definition) is 0. The lowest BCUT2D eigenvalue weighted by molar-refractivity contribution is 1.31. The van der Waals surface area contributed by atoms with Crippen molar-refractivity contribution < 1.29 is 0 Å². The molecule has 1 rings (SSSR count). The predicted molar refractivity (Wildman–Crippen MR) is 64.2 cm³/mol. The van der Waals surface area contributed by atoms with Crippen LogP contribution in [-0.2, 0) is 0 Å². The molecule has 1 aliphatic rings. The first kappa shape index (κ1) is 10.8. The van der Waals surface area contributed by atoms with Crippen LogP contribution in [0.15, 0.2) is 58.7 Å². The number of hydrogen-bond donors (Lipinski definition) is 0. The molecule has 0 aromatic heterocycles. The standard InChI is InChI=1S/C14H18/c1-10(2)14-7-6-12(4)13(5)8-11(3)9-14/h6-9H,1H2,2-5H3. The lowest BCUT2D eigenvalue weighted by Crippen LogP contribution is -1.87. The molecule has 14 heavy (non-hydrogen) atoms. The van der Waals surface area contributed by atoms with Gasteiger partial charge in [0.1, 0.15) is 0 Å². The molecule has 0 unspecified atom stereocenters. The Kier molecular flexibility index (Phi) is 3.29. The van der Waals surface area contributed by atoms with Crippen molar-refractivity contribution in [1.29, 1.82) is 0 Å². The van der Waals surface area contributed by atoms with Crippen molar-refractivity contribution in [3.8, 4) is 0 Å².